The maximum Gasteiger partial charge on any atom is 2.00 e. The molecule has 2 aromatic carbocycles. The molecule has 0 radical (unpaired) electrons. The summed E-state index contributed by atoms with van der Waals surface area (Å²) >= 11 is 3.70. The third-order valence-corrected chi connectivity index (χ3v) is 9.19. The number of halogens is 3. The quantitative estimate of drug-likeness (QED) is 0.0497. The molecule has 0 spiro atoms. The van der Waals surface area contributed by atoms with Gasteiger partial charge in [-0.05, 0) is 76.6 Å². The van der Waals surface area contributed by atoms with Crippen molar-refractivity contribution in [2.75, 3.05) is 4.90 Å². The van der Waals surface area contributed by atoms with Crippen LogP contribution in [0.1, 0.15) is 58.4 Å². The number of ether oxygens (including phenoxy) is 3. The summed E-state index contributed by atoms with van der Waals surface area (Å²) in [4.78, 5) is 50.7. The number of hydrogen-bond donors (Lipinski definition) is 1. The Kier molecular flexibility index (Phi) is 19.6. The number of nitrogens with zero attached hydrogens (tertiary/aromatic N) is 6. The smallest absolute Gasteiger partial charge is 0.753 e. The molecule has 0 fully saturated rings. The molecule has 4 aromatic heterocycles. The van der Waals surface area contributed by atoms with Crippen molar-refractivity contribution in [1.29, 1.82) is 5.41 Å². The van der Waals surface area contributed by atoms with Crippen LogP contribution in [0.25, 0.3) is 39.6 Å². The molecule has 0 aliphatic heterocycles. The molecule has 0 aliphatic rings. The summed E-state index contributed by atoms with van der Waals surface area (Å²) in [7, 11) is 0. The third kappa shape index (κ3) is 15.7. The normalized spacial score (nSPS) is 11.1. The van der Waals surface area contributed by atoms with E-state index in [1.54, 1.807) is 12.1 Å². The molecular weight excluding hydrogens is 975 g/mol. The van der Waals surface area contributed by atoms with E-state index >= 15 is 0 Å². The van der Waals surface area contributed by atoms with E-state index in [0.717, 1.165) is 11.4 Å². The number of hydrogen-bond acceptors (Lipinski definition) is 13. The predicted octanol–water partition coefficient (Wildman–Crippen LogP) is 11.6. The first-order valence-electron chi connectivity index (χ1n) is 19.6. The standard InChI is InChI=1S/C29H32F3N4.C18H11N3O6.CNS.Ru/c1-27(2,3)19-7-11-21(12-8-19)36(22-13-9-20(10-14-22)28(4,5)6)23-15-16-35-25(17-23)24(33)18-26(34)29(30,31)32;22-9-25-12-1-3-19-15(5-12)17-7-14(27-11-24)8-18(21-17)16-6-13(26-10-23)2-4-20-16;2-1-3;/h7-18,33-34H,1-6H3;1-11H;;/q-1;;-1;+2/b24-18-,34-26?;;;. The molecule has 14 nitrogen and oxygen atoms in total. The summed E-state index contributed by atoms with van der Waals surface area (Å²) in [5.74, 6) is 0.760. The maximum absolute atomic E-state index is 12.8. The Hall–Kier alpha value is -7.33. The van der Waals surface area contributed by atoms with Gasteiger partial charge in [-0.1, -0.05) is 78.0 Å². The molecule has 0 amide bonds. The number of pyridine rings is 4. The fourth-order valence-corrected chi connectivity index (χ4v) is 5.93. The zero-order valence-electron chi connectivity index (χ0n) is 36.8. The van der Waals surface area contributed by atoms with Crippen molar-refractivity contribution in [3.63, 3.8) is 0 Å². The van der Waals surface area contributed by atoms with Crippen LogP contribution < -0.4 is 19.1 Å². The zero-order chi connectivity index (χ0) is 48.7. The van der Waals surface area contributed by atoms with Gasteiger partial charge in [0.2, 0.25) is 0 Å². The van der Waals surface area contributed by atoms with Crippen molar-refractivity contribution in [2.24, 2.45) is 0 Å². The number of benzene rings is 2. The van der Waals surface area contributed by atoms with Gasteiger partial charge in [0.25, 0.3) is 19.4 Å². The van der Waals surface area contributed by atoms with E-state index in [0.29, 0.717) is 47.5 Å². The average Bonchev–Trinajstić information content (AvgIpc) is 3.27. The van der Waals surface area contributed by atoms with Gasteiger partial charge in [-0.25, -0.2) is 4.98 Å². The average molecular weight is 1020 g/mol. The molecule has 0 aliphatic carbocycles. The second-order valence-electron chi connectivity index (χ2n) is 15.9. The number of thiocarbonyl (C=S) groups is 1. The first kappa shape index (κ1) is 54.0. The molecule has 0 bridgehead atoms. The van der Waals surface area contributed by atoms with Gasteiger partial charge < -0.3 is 30.3 Å². The van der Waals surface area contributed by atoms with E-state index in [4.69, 9.17) is 30.8 Å². The van der Waals surface area contributed by atoms with Gasteiger partial charge in [0.1, 0.15) is 23.0 Å². The van der Waals surface area contributed by atoms with E-state index in [9.17, 15) is 27.6 Å². The number of rotatable bonds is 13. The number of allylic oxidation sites excluding steroid dienone is 1. The van der Waals surface area contributed by atoms with Crippen molar-refractivity contribution >= 4 is 65.3 Å². The van der Waals surface area contributed by atoms with Crippen molar-refractivity contribution < 1.29 is 61.2 Å². The Morgan fingerprint density at radius 2 is 1.03 bits per heavy atom. The fourth-order valence-electron chi connectivity index (χ4n) is 5.93. The minimum absolute atomic E-state index is 0. The molecule has 0 saturated heterocycles. The zero-order valence-corrected chi connectivity index (χ0v) is 39.4. The summed E-state index contributed by atoms with van der Waals surface area (Å²) in [5, 5.41) is 15.7. The first-order chi connectivity index (χ1) is 31.2. The fraction of sp³-hybridized carbons (Fsp3) is 0.188. The van der Waals surface area contributed by atoms with Crippen LogP contribution in [0.5, 0.6) is 17.2 Å². The van der Waals surface area contributed by atoms with Gasteiger partial charge in [-0.3, -0.25) is 34.7 Å². The number of isothiocyanates is 1. The third-order valence-electron chi connectivity index (χ3n) is 9.19. The van der Waals surface area contributed by atoms with Crippen LogP contribution in [0, 0.1) is 5.41 Å². The van der Waals surface area contributed by atoms with Crippen LogP contribution in [0.15, 0.2) is 122 Å². The van der Waals surface area contributed by atoms with Gasteiger partial charge in [-0.2, -0.15) is 18.3 Å². The predicted molar refractivity (Wildman–Crippen MR) is 249 cm³/mol. The Bertz CT molecular complexity index is 2590. The monoisotopic (exact) mass is 1020 g/mol. The molecule has 346 valence electrons. The largest absolute Gasteiger partial charge is 2.00 e. The Morgan fingerprint density at radius 1 is 0.642 bits per heavy atom. The Morgan fingerprint density at radius 3 is 1.42 bits per heavy atom. The molecule has 6 aromatic rings. The first-order valence-corrected chi connectivity index (χ1v) is 20.0. The van der Waals surface area contributed by atoms with E-state index in [1.807, 2.05) is 29.2 Å². The van der Waals surface area contributed by atoms with Gasteiger partial charge in [-0.15, -0.1) is 5.70 Å². The SMILES string of the molecule is CC(C)(C)c1ccc(N(c2ccc(C(C)(C)C)cc2)c2ccnc(/C([NH-])=C/C(=N)C(F)(F)F)c2)cc1.O=COc1ccnc(-c2cc(OC=O)cc(-c3cc(OC=O)ccn3)n2)c1.[N-]=C=S.[Ru+2]. The number of carbonyl (C=O) groups excluding carboxylic acids is 3. The van der Waals surface area contributed by atoms with Gasteiger partial charge in [0.15, 0.2) is 0 Å². The van der Waals surface area contributed by atoms with Crippen LogP contribution in [0.4, 0.5) is 30.2 Å². The summed E-state index contributed by atoms with van der Waals surface area (Å²) in [6.07, 6.45) is 0.00961. The van der Waals surface area contributed by atoms with Gasteiger partial charge in [0.05, 0.1) is 22.8 Å². The summed E-state index contributed by atoms with van der Waals surface area (Å²) < 4.78 is 53.0. The maximum atomic E-state index is 12.8. The van der Waals surface area contributed by atoms with Crippen LogP contribution in [0.3, 0.4) is 0 Å². The molecule has 0 atom stereocenters. The van der Waals surface area contributed by atoms with Crippen LogP contribution in [-0.4, -0.2) is 56.4 Å². The van der Waals surface area contributed by atoms with E-state index < -0.39 is 17.6 Å². The molecular formula is C48H43F3N8O6RuS. The summed E-state index contributed by atoms with van der Waals surface area (Å²) in [5.41, 5.74) is 12.2. The van der Waals surface area contributed by atoms with Gasteiger partial charge in [0, 0.05) is 65.6 Å². The van der Waals surface area contributed by atoms with Crippen molar-refractivity contribution in [2.45, 2.75) is 58.5 Å². The van der Waals surface area contributed by atoms with Crippen molar-refractivity contribution in [3.05, 3.63) is 150 Å². The topological polar surface area (TPSA) is 204 Å². The molecule has 67 heavy (non-hydrogen) atoms. The number of alkyl halides is 3. The number of nitrogens with one attached hydrogen (secondary N) is 2. The van der Waals surface area contributed by atoms with Crippen LogP contribution >= 0.6 is 12.2 Å². The molecule has 19 heteroatoms. The van der Waals surface area contributed by atoms with Crippen molar-refractivity contribution in [3.8, 4) is 40.0 Å². The minimum Gasteiger partial charge on any atom is -0.753 e. The molecule has 0 unspecified atom stereocenters. The number of carbonyl (C=O) groups is 3. The number of aromatic nitrogens is 4. The van der Waals surface area contributed by atoms with E-state index in [-0.39, 0.29) is 59.7 Å². The van der Waals surface area contributed by atoms with Crippen molar-refractivity contribution in [1.82, 2.24) is 19.9 Å². The van der Waals surface area contributed by atoms with E-state index in [1.165, 1.54) is 71.3 Å². The van der Waals surface area contributed by atoms with Gasteiger partial charge >= 0.3 is 25.7 Å². The minimum atomic E-state index is -4.82. The second kappa shape index (κ2) is 24.3. The summed E-state index contributed by atoms with van der Waals surface area (Å²) in [6.45, 7) is 13.7. The molecule has 0 saturated carbocycles. The Labute approximate surface area is 403 Å². The molecule has 6 rings (SSSR count). The second-order valence-corrected chi connectivity index (χ2v) is 16.0. The van der Waals surface area contributed by atoms with Crippen LogP contribution in [0.2, 0.25) is 0 Å². The Balaban J connectivity index is 0.000000342. The number of anilines is 3. The van der Waals surface area contributed by atoms with Crippen LogP contribution in [-0.2, 0) is 44.7 Å². The molecule has 2 N–H and O–H groups in total. The summed E-state index contributed by atoms with van der Waals surface area (Å²) in [6, 6.07) is 28.6. The van der Waals surface area contributed by atoms with E-state index in [2.05, 4.69) is 98.0 Å². The molecule has 4 heterocycles.